The molecule has 0 amide bonds. The fourth-order valence-electron chi connectivity index (χ4n) is 7.89. The summed E-state index contributed by atoms with van der Waals surface area (Å²) in [6.45, 7) is 9.98. The summed E-state index contributed by atoms with van der Waals surface area (Å²) < 4.78 is 99.0. The van der Waals surface area contributed by atoms with E-state index in [1.54, 1.807) is 75.4 Å². The minimum atomic E-state index is -4.14. The maximum atomic E-state index is 12.2. The van der Waals surface area contributed by atoms with E-state index < -0.39 is 77.8 Å². The molecule has 0 saturated carbocycles. The van der Waals surface area contributed by atoms with E-state index in [4.69, 9.17) is 108 Å². The number of fused-ring (bicyclic) bond motifs is 3. The normalized spacial score (nSPS) is 10.7. The van der Waals surface area contributed by atoms with Crippen molar-refractivity contribution >= 4 is 175 Å². The van der Waals surface area contributed by atoms with Gasteiger partial charge in [0.25, 0.3) is 20.2 Å². The number of nitrogens with zero attached hydrogens (tertiary/aromatic N) is 9. The molecular formula is C54H58Cl4N16O21S3. The van der Waals surface area contributed by atoms with Crippen LogP contribution < -0.4 is 54.9 Å². The quantitative estimate of drug-likeness (QED) is 0.0240. The SMILES string of the molecule is CCCNc1nc(Cl)nc(Nc2ccc3c(C)c(CC(=O)O)c(=O)oc3c2)n1.CCNc1nc(NCCS(=O)(=O)O)nc(Nc2ccc3c(C)c(CC(=O)O)c(=O)oc3c2)n1.Cc1c(CC(=O)O)c(=O)oc2cc(N)ccc12.Clc1nc(Cl)nc(Cl)n1.NCCS(=O)(=O)O.O=S(=O)=O. The van der Waals surface area contributed by atoms with Gasteiger partial charge in [0.2, 0.25) is 50.9 Å². The molecule has 14 N–H and O–H groups in total. The van der Waals surface area contributed by atoms with Gasteiger partial charge in [-0.25, -0.2) is 14.4 Å². The standard InChI is InChI=1S/C19H22N6O7S.C18H18ClN5O4.C12H11NO4.C3Cl3N3.C2H7NO3S.O3S/c1-3-20-17-23-18(21-6-7-33(29,30)31)25-19(24-17)22-11-4-5-12-10(2)13(9-15(26)27)16(28)32-14(12)8-11;1-3-6-20-17-22-16(19)23-18(24-17)21-10-4-5-11-9(2)12(8-14(25)26)15(27)28-13(11)7-10;1-6-8-3-2-7(13)4-10(8)17-12(16)9(6)5-11(14)15;4-1-7-2(5)9-3(6)8-1;3-1-2-7(4,5)6;1-4(2)3/h4-5,8H,3,6-7,9H2,1-2H3,(H,26,27)(H,29,30,31)(H3,20,21,22,23,24,25);4-5,7H,3,6,8H2,1-2H3,(H,25,26)(H2,20,21,22,23,24);2-4H,5,13H2,1H3,(H,14,15);;1-3H2,(H,4,5,6);. The Morgan fingerprint density at radius 1 is 0.500 bits per heavy atom. The summed E-state index contributed by atoms with van der Waals surface area (Å²) >= 11 is 21.9. The Hall–Kier alpha value is -9.91. The van der Waals surface area contributed by atoms with Crippen molar-refractivity contribution in [2.75, 3.05) is 70.0 Å². The van der Waals surface area contributed by atoms with Crippen molar-refractivity contribution in [3.63, 3.8) is 0 Å². The highest BCUT2D eigenvalue weighted by molar-refractivity contribution is 7.86. The largest absolute Gasteiger partial charge is 0.481 e. The number of carboxylic acid groups (broad SMARTS) is 3. The van der Waals surface area contributed by atoms with Crippen molar-refractivity contribution in [3.8, 4) is 0 Å². The third-order valence-corrected chi connectivity index (χ3v) is 14.2. The number of hydrogen-bond acceptors (Lipinski definition) is 32. The van der Waals surface area contributed by atoms with Gasteiger partial charge in [0.1, 0.15) is 16.7 Å². The lowest BCUT2D eigenvalue weighted by atomic mass is 10.0. The number of hydrogen-bond donors (Lipinski definition) is 12. The Morgan fingerprint density at radius 3 is 1.18 bits per heavy atom. The van der Waals surface area contributed by atoms with Gasteiger partial charge >= 0.3 is 45.4 Å². The van der Waals surface area contributed by atoms with E-state index in [9.17, 15) is 45.6 Å². The molecule has 44 heteroatoms. The molecule has 98 heavy (non-hydrogen) atoms. The Morgan fingerprint density at radius 2 is 0.827 bits per heavy atom. The van der Waals surface area contributed by atoms with Gasteiger partial charge in [-0.15, -0.1) is 12.6 Å². The molecule has 0 radical (unpaired) electrons. The minimum absolute atomic E-state index is 0.000000000000000444. The van der Waals surface area contributed by atoms with Crippen molar-refractivity contribution in [3.05, 3.63) is 140 Å². The first-order chi connectivity index (χ1) is 45.9. The zero-order valence-corrected chi connectivity index (χ0v) is 56.9. The monoisotopic (exact) mass is 1500 g/mol. The van der Waals surface area contributed by atoms with E-state index in [2.05, 4.69) is 71.4 Å². The fourth-order valence-corrected chi connectivity index (χ4v) is 9.32. The Kier molecular flexibility index (Phi) is 30.9. The summed E-state index contributed by atoms with van der Waals surface area (Å²) in [6, 6.07) is 15.0. The summed E-state index contributed by atoms with van der Waals surface area (Å²) in [6.07, 6.45) is -0.260. The molecule has 0 spiro atoms. The Labute approximate surface area is 574 Å². The van der Waals surface area contributed by atoms with Crippen LogP contribution in [0.3, 0.4) is 0 Å². The highest BCUT2D eigenvalue weighted by atomic mass is 35.5. The van der Waals surface area contributed by atoms with Gasteiger partial charge in [-0.2, -0.15) is 61.7 Å². The summed E-state index contributed by atoms with van der Waals surface area (Å²) in [4.78, 5) is 104. The van der Waals surface area contributed by atoms with Crippen molar-refractivity contribution in [2.24, 2.45) is 5.73 Å². The molecule has 0 unspecified atom stereocenters. The highest BCUT2D eigenvalue weighted by Crippen LogP contribution is 2.28. The molecule has 0 fully saturated rings. The van der Waals surface area contributed by atoms with Gasteiger partial charge in [-0.3, -0.25) is 23.5 Å². The van der Waals surface area contributed by atoms with Crippen LogP contribution in [0, 0.1) is 20.8 Å². The van der Waals surface area contributed by atoms with E-state index >= 15 is 0 Å². The number of carbonyl (C=O) groups is 3. The molecule has 9 aromatic rings. The zero-order valence-electron chi connectivity index (χ0n) is 51.5. The molecule has 6 aromatic heterocycles. The summed E-state index contributed by atoms with van der Waals surface area (Å²) in [5.74, 6) is -3.14. The number of halogens is 4. The Bertz CT molecular complexity index is 4890. The second-order valence-electron chi connectivity index (χ2n) is 19.3. The fraction of sp³-hybridized carbons (Fsp3) is 0.278. The lowest BCUT2D eigenvalue weighted by molar-refractivity contribution is -0.137. The first kappa shape index (κ1) is 80.5. The first-order valence-electron chi connectivity index (χ1n) is 27.5. The molecule has 9 rings (SSSR count). The number of nitrogens with one attached hydrogen (secondary N) is 5. The molecule has 6 heterocycles. The number of nitrogen functional groups attached to an aromatic ring is 1. The molecule has 0 aliphatic carbocycles. The number of carboxylic acids is 3. The predicted octanol–water partition coefficient (Wildman–Crippen LogP) is 5.49. The number of rotatable bonds is 21. The van der Waals surface area contributed by atoms with Gasteiger partial charge in [0, 0.05) is 77.6 Å². The van der Waals surface area contributed by atoms with Crippen LogP contribution in [0.15, 0.2) is 82.2 Å². The summed E-state index contributed by atoms with van der Waals surface area (Å²) in [5, 5.41) is 43.3. The molecule has 37 nitrogen and oxygen atoms in total. The zero-order chi connectivity index (χ0) is 73.4. The molecule has 0 aliphatic heterocycles. The van der Waals surface area contributed by atoms with Crippen LogP contribution in [0.4, 0.5) is 46.8 Å². The third kappa shape index (κ3) is 27.3. The van der Waals surface area contributed by atoms with Crippen molar-refractivity contribution in [1.82, 2.24) is 44.9 Å². The average molecular weight is 1510 g/mol. The van der Waals surface area contributed by atoms with Gasteiger partial charge in [0.15, 0.2) is 0 Å². The van der Waals surface area contributed by atoms with Crippen LogP contribution in [0.1, 0.15) is 53.6 Å². The molecule has 0 saturated heterocycles. The van der Waals surface area contributed by atoms with Gasteiger partial charge in [0.05, 0.1) is 47.5 Å². The molecule has 0 bridgehead atoms. The molecule has 526 valence electrons. The number of aromatic nitrogens is 9. The van der Waals surface area contributed by atoms with Gasteiger partial charge < -0.3 is 66.6 Å². The first-order valence-corrected chi connectivity index (χ1v) is 33.2. The number of aryl methyl sites for hydroxylation is 3. The number of benzene rings is 3. The van der Waals surface area contributed by atoms with E-state index in [1.165, 1.54) is 0 Å². The molecule has 0 aliphatic rings. The third-order valence-electron chi connectivity index (χ3n) is 12.1. The van der Waals surface area contributed by atoms with Crippen molar-refractivity contribution in [1.29, 1.82) is 0 Å². The van der Waals surface area contributed by atoms with Crippen LogP contribution >= 0.6 is 46.4 Å². The lowest BCUT2D eigenvalue weighted by Crippen LogP contribution is -2.17. The topological polar surface area (TPSA) is 591 Å². The van der Waals surface area contributed by atoms with Crippen molar-refractivity contribution < 1.29 is 81.5 Å². The van der Waals surface area contributed by atoms with E-state index in [1.807, 2.05) is 13.8 Å². The van der Waals surface area contributed by atoms with Crippen LogP contribution in [0.5, 0.6) is 0 Å². The molecule has 0 atom stereocenters. The average Bonchev–Trinajstić information content (AvgIpc) is 0.798. The lowest BCUT2D eigenvalue weighted by Gasteiger charge is -2.11. The van der Waals surface area contributed by atoms with E-state index in [-0.39, 0.29) is 98.9 Å². The van der Waals surface area contributed by atoms with E-state index in [0.29, 0.717) is 80.1 Å². The Balaban J connectivity index is 0.000000280. The summed E-state index contributed by atoms with van der Waals surface area (Å²) in [7, 11) is -11.1. The van der Waals surface area contributed by atoms with Crippen LogP contribution in [0.2, 0.25) is 21.1 Å². The van der Waals surface area contributed by atoms with Gasteiger partial charge in [-0.05, 0) is 134 Å². The second-order valence-corrected chi connectivity index (χ2v) is 24.2. The summed E-state index contributed by atoms with van der Waals surface area (Å²) in [5.41, 5.74) is 13.0. The van der Waals surface area contributed by atoms with Crippen LogP contribution in [-0.2, 0) is 64.5 Å². The maximum absolute atomic E-state index is 12.2. The van der Waals surface area contributed by atoms with Crippen LogP contribution in [-0.4, -0.2) is 154 Å². The number of anilines is 8. The van der Waals surface area contributed by atoms with Gasteiger partial charge in [-0.1, -0.05) is 6.92 Å². The second kappa shape index (κ2) is 37.6. The number of aliphatic carboxylic acids is 3. The molecular weight excluding hydrogens is 1450 g/mol. The molecule has 3 aromatic carbocycles. The number of nitrogens with two attached hydrogens (primary N) is 2. The minimum Gasteiger partial charge on any atom is -0.481 e. The highest BCUT2D eigenvalue weighted by Gasteiger charge is 2.19. The van der Waals surface area contributed by atoms with Crippen LogP contribution in [0.25, 0.3) is 32.9 Å². The van der Waals surface area contributed by atoms with E-state index in [0.717, 1.165) is 6.42 Å². The smallest absolute Gasteiger partial charge is 0.425 e. The predicted molar refractivity (Wildman–Crippen MR) is 359 cm³/mol. The maximum Gasteiger partial charge on any atom is 0.425 e. The van der Waals surface area contributed by atoms with Crippen molar-refractivity contribution in [2.45, 2.75) is 60.3 Å².